The summed E-state index contributed by atoms with van der Waals surface area (Å²) in [7, 11) is 0. The van der Waals surface area contributed by atoms with Crippen LogP contribution in [-0.4, -0.2) is 27.9 Å². The minimum atomic E-state index is 0.552. The lowest BCUT2D eigenvalue weighted by atomic mass is 10.0. The predicted octanol–water partition coefficient (Wildman–Crippen LogP) is 2.35. The van der Waals surface area contributed by atoms with E-state index in [1.807, 2.05) is 10.9 Å². The molecule has 19 heavy (non-hydrogen) atoms. The summed E-state index contributed by atoms with van der Waals surface area (Å²) in [6, 6.07) is 6.46. The Kier molecular flexibility index (Phi) is 3.34. The van der Waals surface area contributed by atoms with Gasteiger partial charge in [-0.15, -0.1) is 0 Å². The minimum absolute atomic E-state index is 0.552. The zero-order valence-electron chi connectivity index (χ0n) is 11.6. The SMILES string of the molecule is CCn1nccc1-c1cc(C)nc(C2CCNC2)c1. The molecule has 0 radical (unpaired) electrons. The minimum Gasteiger partial charge on any atom is -0.316 e. The number of nitrogens with zero attached hydrogens (tertiary/aromatic N) is 3. The Balaban J connectivity index is 2.02. The van der Waals surface area contributed by atoms with Gasteiger partial charge in [0.2, 0.25) is 0 Å². The van der Waals surface area contributed by atoms with Crippen molar-refractivity contribution in [2.45, 2.75) is 32.7 Å². The van der Waals surface area contributed by atoms with E-state index in [-0.39, 0.29) is 0 Å². The van der Waals surface area contributed by atoms with Gasteiger partial charge < -0.3 is 5.32 Å². The zero-order chi connectivity index (χ0) is 13.2. The molecule has 100 valence electrons. The Morgan fingerprint density at radius 3 is 3.05 bits per heavy atom. The van der Waals surface area contributed by atoms with Gasteiger partial charge in [0.25, 0.3) is 0 Å². The second-order valence-electron chi connectivity index (χ2n) is 5.14. The molecule has 3 rings (SSSR count). The smallest absolute Gasteiger partial charge is 0.0683 e. The molecule has 1 aliphatic rings. The van der Waals surface area contributed by atoms with Crippen LogP contribution in [0.5, 0.6) is 0 Å². The Labute approximate surface area is 113 Å². The van der Waals surface area contributed by atoms with Crippen molar-refractivity contribution in [2.24, 2.45) is 0 Å². The predicted molar refractivity (Wildman–Crippen MR) is 76.1 cm³/mol. The van der Waals surface area contributed by atoms with Crippen LogP contribution in [0.2, 0.25) is 0 Å². The monoisotopic (exact) mass is 256 g/mol. The van der Waals surface area contributed by atoms with Gasteiger partial charge in [0.1, 0.15) is 0 Å². The summed E-state index contributed by atoms with van der Waals surface area (Å²) in [5.74, 6) is 0.552. The lowest BCUT2D eigenvalue weighted by Gasteiger charge is -2.12. The molecule has 1 saturated heterocycles. The first-order chi connectivity index (χ1) is 9.28. The molecule has 4 heteroatoms. The maximum absolute atomic E-state index is 4.71. The topological polar surface area (TPSA) is 42.7 Å². The molecular weight excluding hydrogens is 236 g/mol. The van der Waals surface area contributed by atoms with Crippen LogP contribution in [0.25, 0.3) is 11.3 Å². The second kappa shape index (κ2) is 5.13. The van der Waals surface area contributed by atoms with Crippen molar-refractivity contribution >= 4 is 0 Å². The Hall–Kier alpha value is -1.68. The van der Waals surface area contributed by atoms with Crippen molar-refractivity contribution in [3.8, 4) is 11.3 Å². The van der Waals surface area contributed by atoms with Gasteiger partial charge in [-0.3, -0.25) is 9.67 Å². The van der Waals surface area contributed by atoms with Crippen molar-refractivity contribution in [3.63, 3.8) is 0 Å². The number of aryl methyl sites for hydroxylation is 2. The first kappa shape index (κ1) is 12.4. The molecular formula is C15H20N4. The van der Waals surface area contributed by atoms with Crippen LogP contribution in [0.1, 0.15) is 30.7 Å². The molecule has 3 heterocycles. The van der Waals surface area contributed by atoms with Crippen LogP contribution in [0.15, 0.2) is 24.4 Å². The summed E-state index contributed by atoms with van der Waals surface area (Å²) in [6.07, 6.45) is 3.05. The van der Waals surface area contributed by atoms with E-state index in [9.17, 15) is 0 Å². The maximum Gasteiger partial charge on any atom is 0.0683 e. The third-order valence-corrected chi connectivity index (χ3v) is 3.76. The molecule has 4 nitrogen and oxygen atoms in total. The highest BCUT2D eigenvalue weighted by molar-refractivity contribution is 5.60. The van der Waals surface area contributed by atoms with E-state index in [1.54, 1.807) is 0 Å². The number of rotatable bonds is 3. The van der Waals surface area contributed by atoms with Crippen molar-refractivity contribution in [2.75, 3.05) is 13.1 Å². The van der Waals surface area contributed by atoms with Crippen molar-refractivity contribution in [1.82, 2.24) is 20.1 Å². The highest BCUT2D eigenvalue weighted by Gasteiger charge is 2.19. The molecule has 0 saturated carbocycles. The standard InChI is InChI=1S/C15H20N4/c1-3-19-15(5-7-17-19)13-8-11(2)18-14(9-13)12-4-6-16-10-12/h5,7-9,12,16H,3-4,6,10H2,1-2H3. The fourth-order valence-corrected chi connectivity index (χ4v) is 2.79. The number of hydrogen-bond donors (Lipinski definition) is 1. The lowest BCUT2D eigenvalue weighted by Crippen LogP contribution is -2.09. The average molecular weight is 256 g/mol. The van der Waals surface area contributed by atoms with Crippen molar-refractivity contribution in [3.05, 3.63) is 35.8 Å². The normalized spacial score (nSPS) is 18.9. The van der Waals surface area contributed by atoms with E-state index in [1.165, 1.54) is 23.4 Å². The van der Waals surface area contributed by atoms with Crippen LogP contribution in [-0.2, 0) is 6.54 Å². The van der Waals surface area contributed by atoms with Crippen LogP contribution >= 0.6 is 0 Å². The van der Waals surface area contributed by atoms with Gasteiger partial charge in [-0.1, -0.05) is 0 Å². The molecule has 0 spiro atoms. The quantitative estimate of drug-likeness (QED) is 0.916. The number of nitrogens with one attached hydrogen (secondary N) is 1. The summed E-state index contributed by atoms with van der Waals surface area (Å²) in [4.78, 5) is 4.71. The van der Waals surface area contributed by atoms with E-state index in [0.717, 1.165) is 25.3 Å². The van der Waals surface area contributed by atoms with E-state index in [0.29, 0.717) is 5.92 Å². The molecule has 1 fully saturated rings. The third kappa shape index (κ3) is 2.40. The molecule has 1 unspecified atom stereocenters. The molecule has 2 aromatic rings. The highest BCUT2D eigenvalue weighted by Crippen LogP contribution is 2.26. The fourth-order valence-electron chi connectivity index (χ4n) is 2.79. The summed E-state index contributed by atoms with van der Waals surface area (Å²) in [5, 5.41) is 7.76. The van der Waals surface area contributed by atoms with Gasteiger partial charge in [-0.05, 0) is 45.0 Å². The molecule has 1 N–H and O–H groups in total. The maximum atomic E-state index is 4.71. The average Bonchev–Trinajstić information content (AvgIpc) is 3.09. The number of hydrogen-bond acceptors (Lipinski definition) is 3. The Bertz CT molecular complexity index is 567. The molecule has 1 atom stereocenters. The van der Waals surface area contributed by atoms with Gasteiger partial charge in [0, 0.05) is 42.2 Å². The number of aromatic nitrogens is 3. The van der Waals surface area contributed by atoms with Gasteiger partial charge in [0.15, 0.2) is 0 Å². The lowest BCUT2D eigenvalue weighted by molar-refractivity contribution is 0.666. The van der Waals surface area contributed by atoms with Crippen LogP contribution in [0.4, 0.5) is 0 Å². The van der Waals surface area contributed by atoms with Crippen molar-refractivity contribution < 1.29 is 0 Å². The van der Waals surface area contributed by atoms with E-state index in [2.05, 4.69) is 42.5 Å². The Morgan fingerprint density at radius 1 is 1.42 bits per heavy atom. The molecule has 2 aromatic heterocycles. The summed E-state index contributed by atoms with van der Waals surface area (Å²) in [6.45, 7) is 7.23. The van der Waals surface area contributed by atoms with E-state index in [4.69, 9.17) is 4.98 Å². The summed E-state index contributed by atoms with van der Waals surface area (Å²) < 4.78 is 2.03. The highest BCUT2D eigenvalue weighted by atomic mass is 15.3. The van der Waals surface area contributed by atoms with Gasteiger partial charge in [-0.2, -0.15) is 5.10 Å². The first-order valence-corrected chi connectivity index (χ1v) is 6.99. The van der Waals surface area contributed by atoms with E-state index >= 15 is 0 Å². The Morgan fingerprint density at radius 2 is 2.32 bits per heavy atom. The van der Waals surface area contributed by atoms with Gasteiger partial charge in [-0.25, -0.2) is 0 Å². The molecule has 0 aliphatic carbocycles. The van der Waals surface area contributed by atoms with Crippen LogP contribution < -0.4 is 5.32 Å². The molecule has 0 bridgehead atoms. The van der Waals surface area contributed by atoms with Crippen molar-refractivity contribution in [1.29, 1.82) is 0 Å². The van der Waals surface area contributed by atoms with Crippen LogP contribution in [0, 0.1) is 6.92 Å². The van der Waals surface area contributed by atoms with Crippen LogP contribution in [0.3, 0.4) is 0 Å². The second-order valence-corrected chi connectivity index (χ2v) is 5.14. The molecule has 0 aromatic carbocycles. The van der Waals surface area contributed by atoms with E-state index < -0.39 is 0 Å². The zero-order valence-corrected chi connectivity index (χ0v) is 11.6. The molecule has 1 aliphatic heterocycles. The largest absolute Gasteiger partial charge is 0.316 e. The summed E-state index contributed by atoms with van der Waals surface area (Å²) >= 11 is 0. The van der Waals surface area contributed by atoms with Gasteiger partial charge in [0.05, 0.1) is 5.69 Å². The molecule has 0 amide bonds. The fraction of sp³-hybridized carbons (Fsp3) is 0.467. The third-order valence-electron chi connectivity index (χ3n) is 3.76. The summed E-state index contributed by atoms with van der Waals surface area (Å²) in [5.41, 5.74) is 4.71. The number of pyridine rings is 1. The van der Waals surface area contributed by atoms with Gasteiger partial charge >= 0.3 is 0 Å². The first-order valence-electron chi connectivity index (χ1n) is 6.99.